The molecule has 3 atom stereocenters. The van der Waals surface area contributed by atoms with E-state index in [0.29, 0.717) is 31.7 Å². The average Bonchev–Trinajstić information content (AvgIpc) is 3.27. The van der Waals surface area contributed by atoms with Crippen molar-refractivity contribution >= 4 is 12.0 Å². The van der Waals surface area contributed by atoms with Gasteiger partial charge in [0.25, 0.3) is 0 Å². The van der Waals surface area contributed by atoms with Crippen LogP contribution < -0.4 is 4.74 Å². The highest BCUT2D eigenvalue weighted by atomic mass is 16.6. The van der Waals surface area contributed by atoms with E-state index in [2.05, 4.69) is 10.3 Å². The highest BCUT2D eigenvalue weighted by Gasteiger charge is 2.29. The van der Waals surface area contributed by atoms with E-state index in [-0.39, 0.29) is 43.7 Å². The molecule has 1 aromatic heterocycles. The minimum atomic E-state index is -0.492. The van der Waals surface area contributed by atoms with Crippen molar-refractivity contribution in [3.05, 3.63) is 41.7 Å². The summed E-state index contributed by atoms with van der Waals surface area (Å²) in [5.41, 5.74) is 1.89. The summed E-state index contributed by atoms with van der Waals surface area (Å²) in [6, 6.07) is 6.95. The van der Waals surface area contributed by atoms with Crippen molar-refractivity contribution in [3.63, 3.8) is 0 Å². The molecule has 0 bridgehead atoms. The smallest absolute Gasteiger partial charge is 0.410 e. The number of aryl methyl sites for hydroxylation is 2. The number of nitrogens with zero attached hydrogens (tertiary/aromatic N) is 5. The number of hydrogen-bond donors (Lipinski definition) is 1. The fourth-order valence-corrected chi connectivity index (χ4v) is 3.88. The summed E-state index contributed by atoms with van der Waals surface area (Å²) in [6.07, 6.45) is 1.75. The van der Waals surface area contributed by atoms with Gasteiger partial charge in [0.15, 0.2) is 0 Å². The number of aliphatic hydroxyl groups is 1. The number of amides is 2. The van der Waals surface area contributed by atoms with Crippen molar-refractivity contribution in [2.75, 3.05) is 26.7 Å². The number of fused-ring (bicyclic) bond motifs is 1. The van der Waals surface area contributed by atoms with Gasteiger partial charge >= 0.3 is 6.09 Å². The standard InChI is InChI=1S/C24H35N5O5/c1-17-7-9-21(10-8-17)34-24(32)27(4)14-22-18(2)13-28(19(3)15-30)23(31)6-5-11-29-20(16-33-22)12-25-26-29/h7-10,12,18-19,22,30H,5-6,11,13-16H2,1-4H3/t18-,19-,22-/m0/s1. The molecule has 0 unspecified atom stereocenters. The van der Waals surface area contributed by atoms with Gasteiger partial charge in [0, 0.05) is 32.5 Å². The largest absolute Gasteiger partial charge is 0.415 e. The molecule has 2 aromatic rings. The van der Waals surface area contributed by atoms with E-state index < -0.39 is 6.09 Å². The minimum Gasteiger partial charge on any atom is -0.410 e. The summed E-state index contributed by atoms with van der Waals surface area (Å²) in [7, 11) is 1.66. The minimum absolute atomic E-state index is 0.0264. The van der Waals surface area contributed by atoms with Crippen LogP contribution in [0.15, 0.2) is 30.5 Å². The Hall–Kier alpha value is -2.98. The second kappa shape index (κ2) is 11.9. The van der Waals surface area contributed by atoms with Crippen LogP contribution in [0.5, 0.6) is 5.75 Å². The molecule has 34 heavy (non-hydrogen) atoms. The first-order valence-corrected chi connectivity index (χ1v) is 11.7. The van der Waals surface area contributed by atoms with Gasteiger partial charge in [0.1, 0.15) is 5.75 Å². The van der Waals surface area contributed by atoms with Crippen LogP contribution in [0.25, 0.3) is 0 Å². The lowest BCUT2D eigenvalue weighted by atomic mass is 10.0. The molecule has 3 rings (SSSR count). The predicted molar refractivity (Wildman–Crippen MR) is 125 cm³/mol. The monoisotopic (exact) mass is 473 g/mol. The zero-order valence-corrected chi connectivity index (χ0v) is 20.4. The van der Waals surface area contributed by atoms with E-state index in [1.165, 1.54) is 4.90 Å². The molecule has 0 radical (unpaired) electrons. The summed E-state index contributed by atoms with van der Waals surface area (Å²) < 4.78 is 13.5. The lowest BCUT2D eigenvalue weighted by molar-refractivity contribution is -0.136. The van der Waals surface area contributed by atoms with Crippen LogP contribution in [0.2, 0.25) is 0 Å². The van der Waals surface area contributed by atoms with Gasteiger partial charge in [0.05, 0.1) is 43.8 Å². The van der Waals surface area contributed by atoms with E-state index in [9.17, 15) is 14.7 Å². The number of carbonyl (C=O) groups is 2. The van der Waals surface area contributed by atoms with Gasteiger partial charge in [-0.2, -0.15) is 0 Å². The van der Waals surface area contributed by atoms with E-state index in [4.69, 9.17) is 9.47 Å². The summed E-state index contributed by atoms with van der Waals surface area (Å²) in [5.74, 6) is 0.330. The number of ether oxygens (including phenoxy) is 2. The molecule has 2 amide bonds. The van der Waals surface area contributed by atoms with Gasteiger partial charge < -0.3 is 24.4 Å². The van der Waals surface area contributed by atoms with Crippen LogP contribution in [0.1, 0.15) is 37.9 Å². The third-order valence-corrected chi connectivity index (χ3v) is 6.13. The molecule has 1 aromatic carbocycles. The second-order valence-corrected chi connectivity index (χ2v) is 9.02. The highest BCUT2D eigenvalue weighted by molar-refractivity contribution is 5.76. The quantitative estimate of drug-likeness (QED) is 0.709. The van der Waals surface area contributed by atoms with Crippen LogP contribution in [-0.4, -0.2) is 80.8 Å². The molecular formula is C24H35N5O5. The van der Waals surface area contributed by atoms with Crippen LogP contribution in [0.4, 0.5) is 4.79 Å². The lowest BCUT2D eigenvalue weighted by Gasteiger charge is -2.35. The van der Waals surface area contributed by atoms with Gasteiger partial charge in [-0.3, -0.25) is 4.79 Å². The van der Waals surface area contributed by atoms with E-state index >= 15 is 0 Å². The molecule has 2 heterocycles. The molecule has 0 spiro atoms. The Morgan fingerprint density at radius 3 is 2.79 bits per heavy atom. The van der Waals surface area contributed by atoms with Gasteiger partial charge in [-0.25, -0.2) is 9.48 Å². The maximum absolute atomic E-state index is 12.9. The molecule has 1 N–H and O–H groups in total. The van der Waals surface area contributed by atoms with Crippen LogP contribution in [0.3, 0.4) is 0 Å². The first-order chi connectivity index (χ1) is 16.3. The van der Waals surface area contributed by atoms with Gasteiger partial charge in [-0.15, -0.1) is 5.10 Å². The summed E-state index contributed by atoms with van der Waals surface area (Å²) in [6.45, 7) is 7.16. The normalized spacial score (nSPS) is 20.6. The SMILES string of the molecule is Cc1ccc(OC(=O)N(C)C[C@@H]2OCc3cnnn3CCCC(=O)N([C@@H](C)CO)C[C@@H]2C)cc1. The van der Waals surface area contributed by atoms with Gasteiger partial charge in [0.2, 0.25) is 5.91 Å². The lowest BCUT2D eigenvalue weighted by Crippen LogP contribution is -2.48. The third kappa shape index (κ3) is 6.77. The van der Waals surface area contributed by atoms with Crippen molar-refractivity contribution in [2.45, 2.75) is 58.9 Å². The van der Waals surface area contributed by atoms with Crippen molar-refractivity contribution in [1.82, 2.24) is 24.8 Å². The maximum Gasteiger partial charge on any atom is 0.415 e. The van der Waals surface area contributed by atoms with Crippen LogP contribution in [0, 0.1) is 12.8 Å². The zero-order valence-electron chi connectivity index (χ0n) is 20.4. The van der Waals surface area contributed by atoms with Crippen LogP contribution >= 0.6 is 0 Å². The number of rotatable bonds is 5. The van der Waals surface area contributed by atoms with E-state index in [1.807, 2.05) is 32.9 Å². The topological polar surface area (TPSA) is 110 Å². The molecule has 1 aliphatic rings. The first-order valence-electron chi connectivity index (χ1n) is 11.7. The Morgan fingerprint density at radius 2 is 2.09 bits per heavy atom. The van der Waals surface area contributed by atoms with E-state index in [1.54, 1.807) is 35.0 Å². The van der Waals surface area contributed by atoms with Gasteiger partial charge in [-0.05, 0) is 32.4 Å². The number of likely N-dealkylation sites (N-methyl/N-ethyl adjacent to an activating group) is 1. The predicted octanol–water partition coefficient (Wildman–Crippen LogP) is 2.24. The zero-order chi connectivity index (χ0) is 24.7. The molecule has 10 nitrogen and oxygen atoms in total. The van der Waals surface area contributed by atoms with Crippen molar-refractivity contribution in [3.8, 4) is 5.75 Å². The molecular weight excluding hydrogens is 438 g/mol. The summed E-state index contributed by atoms with van der Waals surface area (Å²) >= 11 is 0. The highest BCUT2D eigenvalue weighted by Crippen LogP contribution is 2.19. The number of aromatic nitrogens is 3. The van der Waals surface area contributed by atoms with Crippen molar-refractivity contribution in [1.29, 1.82) is 0 Å². The molecule has 0 aliphatic carbocycles. The third-order valence-electron chi connectivity index (χ3n) is 6.13. The molecule has 10 heteroatoms. The number of aliphatic hydroxyl groups excluding tert-OH is 1. The molecule has 0 saturated heterocycles. The van der Waals surface area contributed by atoms with Crippen molar-refractivity contribution in [2.24, 2.45) is 5.92 Å². The molecule has 0 saturated carbocycles. The van der Waals surface area contributed by atoms with Gasteiger partial charge in [-0.1, -0.05) is 29.8 Å². The fraction of sp³-hybridized carbons (Fsp3) is 0.583. The molecule has 1 aliphatic heterocycles. The Morgan fingerprint density at radius 1 is 1.35 bits per heavy atom. The maximum atomic E-state index is 12.9. The number of hydrogen-bond acceptors (Lipinski definition) is 7. The summed E-state index contributed by atoms with van der Waals surface area (Å²) in [5, 5.41) is 17.8. The number of carbonyl (C=O) groups excluding carboxylic acids is 2. The second-order valence-electron chi connectivity index (χ2n) is 9.02. The molecule has 0 fully saturated rings. The Balaban J connectivity index is 1.76. The number of benzene rings is 1. The Kier molecular flexibility index (Phi) is 9.00. The fourth-order valence-electron chi connectivity index (χ4n) is 3.88. The first kappa shape index (κ1) is 25.6. The summed E-state index contributed by atoms with van der Waals surface area (Å²) in [4.78, 5) is 28.8. The van der Waals surface area contributed by atoms with Crippen molar-refractivity contribution < 1.29 is 24.2 Å². The molecule has 186 valence electrons. The average molecular weight is 474 g/mol. The Bertz CT molecular complexity index is 947. The van der Waals surface area contributed by atoms with Crippen LogP contribution in [-0.2, 0) is 22.7 Å². The van der Waals surface area contributed by atoms with E-state index in [0.717, 1.165) is 11.3 Å². The Labute approximate surface area is 200 Å².